The molecule has 1 nitrogen and oxygen atoms in total. The van der Waals surface area contributed by atoms with Crippen molar-refractivity contribution in [3.8, 4) is 0 Å². The Morgan fingerprint density at radius 3 is 1.47 bits per heavy atom. The Bertz CT molecular complexity index is 128. The van der Waals surface area contributed by atoms with Crippen molar-refractivity contribution in [2.24, 2.45) is 0 Å². The van der Waals surface area contributed by atoms with Crippen LogP contribution in [0.4, 0.5) is 0 Å². The first-order valence-corrected chi connectivity index (χ1v) is 9.47. The van der Waals surface area contributed by atoms with Gasteiger partial charge in [0.05, 0.1) is 0 Å². The van der Waals surface area contributed by atoms with E-state index >= 15 is 0 Å². The van der Waals surface area contributed by atoms with E-state index in [0.717, 1.165) is 18.5 Å². The molecule has 0 fully saturated rings. The normalized spacial score (nSPS) is 13.1. The van der Waals surface area contributed by atoms with Crippen molar-refractivity contribution in [3.05, 3.63) is 0 Å². The molecule has 0 aliphatic carbocycles. The van der Waals surface area contributed by atoms with Crippen LogP contribution in [-0.4, -0.2) is 23.4 Å². The van der Waals surface area contributed by atoms with Crippen LogP contribution in [0.3, 0.4) is 0 Å². The molecule has 0 radical (unpaired) electrons. The van der Waals surface area contributed by atoms with Crippen LogP contribution in [0.15, 0.2) is 0 Å². The monoisotopic (exact) mass is 234 g/mol. The van der Waals surface area contributed by atoms with E-state index in [1.165, 1.54) is 44.9 Å². The van der Waals surface area contributed by atoms with E-state index in [1.54, 1.807) is 0 Å². The fourth-order valence-corrected chi connectivity index (χ4v) is 5.77. The van der Waals surface area contributed by atoms with E-state index in [2.05, 4.69) is 20.8 Å². The molecule has 15 heavy (non-hydrogen) atoms. The van der Waals surface area contributed by atoms with Crippen LogP contribution in [0.5, 0.6) is 0 Å². The Balaban J connectivity index is 3.89. The molecule has 0 aromatic rings. The molecule has 0 saturated heterocycles. The van der Waals surface area contributed by atoms with Crippen LogP contribution in [0.2, 0.25) is 0 Å². The van der Waals surface area contributed by atoms with Gasteiger partial charge in [0.25, 0.3) is 0 Å². The molecular weight excluding hydrogens is 203 g/mol. The van der Waals surface area contributed by atoms with Gasteiger partial charge >= 0.3 is 96.6 Å². The molecule has 0 heterocycles. The van der Waals surface area contributed by atoms with Crippen molar-refractivity contribution in [2.45, 2.75) is 65.7 Å². The van der Waals surface area contributed by atoms with Crippen LogP contribution in [0, 0.1) is 0 Å². The van der Waals surface area contributed by atoms with E-state index in [-0.39, 0.29) is 0 Å². The van der Waals surface area contributed by atoms with Gasteiger partial charge in [-0.1, -0.05) is 0 Å². The fraction of sp³-hybridized carbons (Fsp3) is 1.00. The van der Waals surface area contributed by atoms with Crippen molar-refractivity contribution in [1.82, 2.24) is 0 Å². The summed E-state index contributed by atoms with van der Waals surface area (Å²) in [6, 6.07) is 0. The van der Waals surface area contributed by atoms with Crippen molar-refractivity contribution in [2.75, 3.05) is 18.5 Å². The molecular formula is C13H31OP. The van der Waals surface area contributed by atoms with Crippen LogP contribution in [-0.2, 0) is 0 Å². The first-order valence-electron chi connectivity index (χ1n) is 6.91. The van der Waals surface area contributed by atoms with Gasteiger partial charge in [-0.25, -0.2) is 0 Å². The average molecular weight is 234 g/mol. The molecule has 2 heteroatoms. The molecule has 0 atom stereocenters. The van der Waals surface area contributed by atoms with Crippen LogP contribution < -0.4 is 0 Å². The Morgan fingerprint density at radius 1 is 0.667 bits per heavy atom. The van der Waals surface area contributed by atoms with Gasteiger partial charge in [0, 0.05) is 0 Å². The summed E-state index contributed by atoms with van der Waals surface area (Å²) in [5.41, 5.74) is 0. The van der Waals surface area contributed by atoms with Crippen LogP contribution in [0.25, 0.3) is 0 Å². The Kier molecular flexibility index (Phi) is 9.85. The fourth-order valence-electron chi connectivity index (χ4n) is 2.09. The minimum absolute atomic E-state index is 1.15. The summed E-state index contributed by atoms with van der Waals surface area (Å²) in [7, 11) is -1.83. The van der Waals surface area contributed by atoms with Gasteiger partial charge in [0.15, 0.2) is 0 Å². The van der Waals surface area contributed by atoms with Crippen LogP contribution in [0.1, 0.15) is 65.7 Å². The predicted molar refractivity (Wildman–Crippen MR) is 74.5 cm³/mol. The first-order chi connectivity index (χ1) is 7.18. The second kappa shape index (κ2) is 9.60. The van der Waals surface area contributed by atoms with E-state index in [9.17, 15) is 4.89 Å². The molecule has 0 bridgehead atoms. The van der Waals surface area contributed by atoms with Crippen molar-refractivity contribution in [3.63, 3.8) is 0 Å². The number of rotatable bonds is 10. The molecule has 0 aliphatic heterocycles. The Labute approximate surface area is 97.1 Å². The zero-order chi connectivity index (χ0) is 11.6. The number of hydrogen-bond acceptors (Lipinski definition) is 1. The minimum atomic E-state index is -1.83. The van der Waals surface area contributed by atoms with Crippen molar-refractivity contribution in [1.29, 1.82) is 0 Å². The first kappa shape index (κ1) is 15.4. The quantitative estimate of drug-likeness (QED) is 0.438. The van der Waals surface area contributed by atoms with E-state index < -0.39 is 7.49 Å². The van der Waals surface area contributed by atoms with Gasteiger partial charge < -0.3 is 0 Å². The summed E-state index contributed by atoms with van der Waals surface area (Å²) in [6.45, 7) is 6.68. The van der Waals surface area contributed by atoms with Crippen molar-refractivity contribution < 1.29 is 4.89 Å². The second-order valence-electron chi connectivity index (χ2n) is 4.89. The van der Waals surface area contributed by atoms with Gasteiger partial charge in [-0.3, -0.25) is 0 Å². The zero-order valence-corrected chi connectivity index (χ0v) is 12.0. The molecule has 0 aromatic carbocycles. The summed E-state index contributed by atoms with van der Waals surface area (Å²) >= 11 is 0. The number of unbranched alkanes of at least 4 members (excludes halogenated alkanes) is 4. The zero-order valence-electron chi connectivity index (χ0n) is 11.0. The summed E-state index contributed by atoms with van der Waals surface area (Å²) in [5, 5.41) is 0. The van der Waals surface area contributed by atoms with E-state index in [1.807, 2.05) is 0 Å². The topological polar surface area (TPSA) is 20.2 Å². The maximum atomic E-state index is 10.6. The maximum absolute atomic E-state index is 10.6. The molecule has 0 rings (SSSR count). The van der Waals surface area contributed by atoms with Gasteiger partial charge in [0.2, 0.25) is 0 Å². The Morgan fingerprint density at radius 2 is 1.07 bits per heavy atom. The Hall–Kier alpha value is 0.390. The van der Waals surface area contributed by atoms with Gasteiger partial charge in [0.1, 0.15) is 0 Å². The van der Waals surface area contributed by atoms with E-state index in [4.69, 9.17) is 0 Å². The van der Waals surface area contributed by atoms with Crippen molar-refractivity contribution >= 4 is 7.49 Å². The third-order valence-electron chi connectivity index (χ3n) is 3.24. The summed E-state index contributed by atoms with van der Waals surface area (Å²) < 4.78 is 0. The van der Waals surface area contributed by atoms with Gasteiger partial charge in [-0.05, 0) is 0 Å². The summed E-state index contributed by atoms with van der Waals surface area (Å²) in [6.07, 6.45) is 12.2. The second-order valence-corrected chi connectivity index (χ2v) is 8.84. The average Bonchev–Trinajstić information content (AvgIpc) is 2.24. The molecule has 94 valence electrons. The molecule has 0 unspecified atom stereocenters. The van der Waals surface area contributed by atoms with Crippen LogP contribution >= 0.6 is 7.49 Å². The molecule has 1 N–H and O–H groups in total. The summed E-state index contributed by atoms with van der Waals surface area (Å²) in [4.78, 5) is 10.6. The third kappa shape index (κ3) is 8.22. The van der Waals surface area contributed by atoms with E-state index in [0.29, 0.717) is 0 Å². The molecule has 0 aliphatic rings. The molecule has 0 amide bonds. The SMILES string of the molecule is CCCCC[PH](O)(CCCC)CCCC. The van der Waals surface area contributed by atoms with Gasteiger partial charge in [-0.15, -0.1) is 0 Å². The van der Waals surface area contributed by atoms with Gasteiger partial charge in [-0.2, -0.15) is 0 Å². The third-order valence-corrected chi connectivity index (χ3v) is 7.09. The molecule has 0 saturated carbocycles. The standard InChI is InChI=1S/C13H31OP/c1-4-7-10-13-15(14,11-8-5-2)12-9-6-3/h14-15H,4-13H2,1-3H3. The summed E-state index contributed by atoms with van der Waals surface area (Å²) in [5.74, 6) is 0. The number of hydrogen-bond donors (Lipinski definition) is 1. The molecule has 0 spiro atoms. The predicted octanol–water partition coefficient (Wildman–Crippen LogP) is 4.43. The molecule has 0 aromatic heterocycles.